The molecular weight excluding hydrogens is 428 g/mol. The van der Waals surface area contributed by atoms with Crippen molar-refractivity contribution in [1.82, 2.24) is 24.4 Å². The van der Waals surface area contributed by atoms with E-state index in [0.717, 1.165) is 64.4 Å². The van der Waals surface area contributed by atoms with Crippen molar-refractivity contribution in [3.05, 3.63) is 20.8 Å². The number of nitrogens with one attached hydrogen (secondary N) is 2. The smallest absolute Gasteiger partial charge is 0.329 e. The second kappa shape index (κ2) is 13.3. The molecule has 2 saturated heterocycles. The summed E-state index contributed by atoms with van der Waals surface area (Å²) in [6.45, 7) is 10.3. The Labute approximate surface area is 183 Å². The number of carboxylic acids is 1. The molecule has 0 aromatic carbocycles. The zero-order valence-electron chi connectivity index (χ0n) is 17.8. The van der Waals surface area contributed by atoms with Crippen LogP contribution in [0.1, 0.15) is 6.92 Å². The van der Waals surface area contributed by atoms with Gasteiger partial charge in [0.1, 0.15) is 0 Å². The van der Waals surface area contributed by atoms with E-state index >= 15 is 0 Å². The van der Waals surface area contributed by atoms with E-state index in [1.807, 2.05) is 0 Å². The normalized spacial score (nSPS) is 16.1. The zero-order valence-corrected chi connectivity index (χ0v) is 18.7. The third kappa shape index (κ3) is 7.78. The summed E-state index contributed by atoms with van der Waals surface area (Å²) in [5.74, 6) is -1.49. The summed E-state index contributed by atoms with van der Waals surface area (Å²) in [6.07, 6.45) is 0. The number of quaternary nitrogens is 1. The number of H-pyrrole nitrogens is 1. The fraction of sp³-hybridized carbons (Fsp3) is 0.667. The highest BCUT2D eigenvalue weighted by molar-refractivity contribution is 7.99. The molecule has 4 heterocycles. The maximum absolute atomic E-state index is 11.8. The van der Waals surface area contributed by atoms with Crippen molar-refractivity contribution in [2.24, 2.45) is 7.05 Å². The van der Waals surface area contributed by atoms with Gasteiger partial charge in [0.2, 0.25) is 0 Å². The zero-order chi connectivity index (χ0) is 22.6. The van der Waals surface area contributed by atoms with Crippen LogP contribution in [0.4, 0.5) is 0 Å². The number of carbonyl (C=O) groups excluding carboxylic acids is 1. The van der Waals surface area contributed by atoms with E-state index in [2.05, 4.69) is 20.6 Å². The van der Waals surface area contributed by atoms with Crippen LogP contribution in [0.3, 0.4) is 0 Å². The fourth-order valence-electron chi connectivity index (χ4n) is 2.84. The van der Waals surface area contributed by atoms with Gasteiger partial charge in [-0.15, -0.1) is 0 Å². The van der Waals surface area contributed by atoms with Gasteiger partial charge < -0.3 is 34.6 Å². The molecule has 0 aliphatic carbocycles. The van der Waals surface area contributed by atoms with E-state index in [4.69, 9.17) is 9.47 Å². The monoisotopic (exact) mass is 458 g/mol. The van der Waals surface area contributed by atoms with Crippen molar-refractivity contribution in [1.29, 1.82) is 0 Å². The predicted octanol–water partition coefficient (Wildman–Crippen LogP) is -3.53. The molecule has 4 rings (SSSR count). The molecule has 0 unspecified atom stereocenters. The van der Waals surface area contributed by atoms with Crippen LogP contribution in [0, 0.1) is 0 Å². The minimum Gasteiger partial charge on any atom is -0.549 e. The van der Waals surface area contributed by atoms with Gasteiger partial charge in [-0.3, -0.25) is 14.3 Å². The molecule has 31 heavy (non-hydrogen) atoms. The number of fused-ring (bicyclic) bond motifs is 1. The van der Waals surface area contributed by atoms with Gasteiger partial charge in [0.05, 0.1) is 45.5 Å². The van der Waals surface area contributed by atoms with Crippen molar-refractivity contribution in [2.45, 2.75) is 18.6 Å². The van der Waals surface area contributed by atoms with E-state index in [0.29, 0.717) is 11.7 Å². The summed E-state index contributed by atoms with van der Waals surface area (Å²) in [6, 6.07) is 0. The van der Waals surface area contributed by atoms with Gasteiger partial charge in [0.15, 0.2) is 16.3 Å². The highest BCUT2D eigenvalue weighted by Gasteiger charge is 2.16. The number of rotatable bonds is 4. The van der Waals surface area contributed by atoms with Crippen molar-refractivity contribution >= 4 is 28.9 Å². The van der Waals surface area contributed by atoms with Crippen LogP contribution in [-0.2, 0) is 27.9 Å². The predicted molar refractivity (Wildman–Crippen MR) is 113 cm³/mol. The molecule has 2 aromatic rings. The molecule has 2 aliphatic heterocycles. The number of carbonyl (C=O) groups is 1. The number of aryl methyl sites for hydroxylation is 2. The average Bonchev–Trinajstić information content (AvgIpc) is 3.19. The quantitative estimate of drug-likeness (QED) is 0.395. The minimum absolute atomic E-state index is 0.233. The van der Waals surface area contributed by atoms with E-state index < -0.39 is 17.2 Å². The Morgan fingerprint density at radius 3 is 2.26 bits per heavy atom. The van der Waals surface area contributed by atoms with E-state index in [-0.39, 0.29) is 16.9 Å². The number of morpholine rings is 2. The Morgan fingerprint density at radius 1 is 1.19 bits per heavy atom. The third-order valence-electron chi connectivity index (χ3n) is 4.39. The molecule has 4 N–H and O–H groups in total. The first-order valence-electron chi connectivity index (χ1n) is 10.2. The molecule has 174 valence electrons. The van der Waals surface area contributed by atoms with Crippen LogP contribution in [0.25, 0.3) is 11.2 Å². The number of aliphatic carboxylic acids is 1. The molecule has 2 fully saturated rings. The second-order valence-corrected chi connectivity index (χ2v) is 7.57. The van der Waals surface area contributed by atoms with Crippen LogP contribution in [0.15, 0.2) is 14.7 Å². The van der Waals surface area contributed by atoms with Crippen LogP contribution < -0.4 is 27.0 Å². The van der Waals surface area contributed by atoms with Gasteiger partial charge in [-0.05, 0) is 6.92 Å². The van der Waals surface area contributed by atoms with Crippen LogP contribution >= 0.6 is 11.8 Å². The minimum atomic E-state index is -1.22. The van der Waals surface area contributed by atoms with Gasteiger partial charge in [-0.25, -0.2) is 9.78 Å². The number of thioether (sulfide) groups is 1. The summed E-state index contributed by atoms with van der Waals surface area (Å²) in [4.78, 5) is 40.1. The largest absolute Gasteiger partial charge is 0.549 e. The Bertz CT molecular complexity index is 912. The van der Waals surface area contributed by atoms with Crippen LogP contribution in [-0.4, -0.2) is 83.4 Å². The summed E-state index contributed by atoms with van der Waals surface area (Å²) in [7, 11) is 1.49. The Morgan fingerprint density at radius 2 is 1.84 bits per heavy atom. The lowest BCUT2D eigenvalue weighted by molar-refractivity contribution is -0.670. The number of hydrogen-bond donors (Lipinski definition) is 3. The number of hydrogen-bond acceptors (Lipinski definition) is 9. The molecule has 0 amide bonds. The van der Waals surface area contributed by atoms with Gasteiger partial charge >= 0.3 is 5.69 Å². The van der Waals surface area contributed by atoms with E-state index in [9.17, 15) is 19.5 Å². The molecule has 0 radical (unpaired) electrons. The fourth-order valence-corrected chi connectivity index (χ4v) is 3.61. The average molecular weight is 459 g/mol. The summed E-state index contributed by atoms with van der Waals surface area (Å²) < 4.78 is 12.8. The number of aromatic nitrogens is 4. The highest BCUT2D eigenvalue weighted by atomic mass is 32.2. The number of imidazole rings is 1. The lowest BCUT2D eigenvalue weighted by Gasteiger charge is -2.10. The van der Waals surface area contributed by atoms with Gasteiger partial charge in [-0.1, -0.05) is 11.8 Å². The molecule has 2 aliphatic rings. The Kier molecular flexibility index (Phi) is 10.7. The van der Waals surface area contributed by atoms with E-state index in [1.54, 1.807) is 11.5 Å². The molecule has 2 aromatic heterocycles. The molecular formula is C18H30N6O6S. The molecule has 0 spiro atoms. The highest BCUT2D eigenvalue weighted by Crippen LogP contribution is 2.20. The lowest BCUT2D eigenvalue weighted by atomic mass is 10.5. The summed E-state index contributed by atoms with van der Waals surface area (Å²) >= 11 is 0.950. The molecule has 0 bridgehead atoms. The van der Waals surface area contributed by atoms with Gasteiger partial charge in [0.25, 0.3) is 5.56 Å². The summed E-state index contributed by atoms with van der Waals surface area (Å²) in [5, 5.41) is 16.3. The van der Waals surface area contributed by atoms with Gasteiger partial charge in [-0.2, -0.15) is 0 Å². The maximum Gasteiger partial charge on any atom is 0.329 e. The SMILES string of the molecule is C1COCCN1.C1COCC[NH2+]1.CCn1c(SCC(=O)[O-])nc2c1c(=O)[nH]c(=O)n2C. The molecule has 0 saturated carbocycles. The number of nitrogens with two attached hydrogens (primary N) is 1. The standard InChI is InChI=1S/C10H12N4O4S.2C4H9NO/c1-3-14-6-7(11-10(14)19-4-5(15)16)13(2)9(18)12-8(6)17;2*1-3-6-4-2-5-1/h3-4H2,1-2H3,(H,15,16)(H,12,17,18);2*5H,1-4H2. The van der Waals surface area contributed by atoms with E-state index in [1.165, 1.54) is 11.6 Å². The van der Waals surface area contributed by atoms with Crippen LogP contribution in [0.5, 0.6) is 0 Å². The molecule has 12 nitrogen and oxygen atoms in total. The topological polar surface area (TPSA) is 160 Å². The van der Waals surface area contributed by atoms with Crippen LogP contribution in [0.2, 0.25) is 0 Å². The second-order valence-electron chi connectivity index (χ2n) is 6.63. The molecule has 0 atom stereocenters. The Hall–Kier alpha value is -2.19. The number of ether oxygens (including phenoxy) is 2. The lowest BCUT2D eigenvalue weighted by Crippen LogP contribution is -2.87. The Balaban J connectivity index is 0.000000229. The first-order valence-corrected chi connectivity index (χ1v) is 11.1. The first-order chi connectivity index (χ1) is 15.0. The maximum atomic E-state index is 11.8. The van der Waals surface area contributed by atoms with Crippen molar-refractivity contribution in [2.75, 3.05) is 58.4 Å². The summed E-state index contributed by atoms with van der Waals surface area (Å²) in [5.41, 5.74) is -0.607. The van der Waals surface area contributed by atoms with Crippen molar-refractivity contribution in [3.8, 4) is 0 Å². The number of aromatic amines is 1. The third-order valence-corrected chi connectivity index (χ3v) is 5.34. The molecule has 13 heteroatoms. The van der Waals surface area contributed by atoms with Crippen molar-refractivity contribution < 1.29 is 24.7 Å². The van der Waals surface area contributed by atoms with Crippen molar-refractivity contribution in [3.63, 3.8) is 0 Å². The number of nitrogens with zero attached hydrogens (tertiary/aromatic N) is 3. The first kappa shape index (κ1) is 25.1. The van der Waals surface area contributed by atoms with Gasteiger partial charge in [0, 0.05) is 32.4 Å². The number of carboxylic acid groups (broad SMARTS) is 1.